The molecule has 1 rings (SSSR count). The van der Waals surface area contributed by atoms with Crippen LogP contribution >= 0.6 is 15.9 Å². The summed E-state index contributed by atoms with van der Waals surface area (Å²) in [6.07, 6.45) is 7.06. The highest BCUT2D eigenvalue weighted by Crippen LogP contribution is 2.15. The van der Waals surface area contributed by atoms with Crippen molar-refractivity contribution < 1.29 is 9.90 Å². The molecule has 0 amide bonds. The van der Waals surface area contributed by atoms with E-state index in [1.165, 1.54) is 6.20 Å². The Kier molecular flexibility index (Phi) is 4.26. The minimum absolute atomic E-state index is 0.00665. The van der Waals surface area contributed by atoms with E-state index in [1.807, 2.05) is 6.92 Å². The van der Waals surface area contributed by atoms with Gasteiger partial charge in [0.25, 0.3) is 0 Å². The molecule has 0 saturated heterocycles. The first kappa shape index (κ1) is 12.5. The van der Waals surface area contributed by atoms with Gasteiger partial charge in [0.05, 0.1) is 4.47 Å². The molecule has 2 N–H and O–H groups in total. The summed E-state index contributed by atoms with van der Waals surface area (Å²) in [5, 5.41) is 11.8. The average molecular weight is 284 g/mol. The molecule has 1 atom stereocenters. The second kappa shape index (κ2) is 5.47. The number of aromatic nitrogens is 2. The minimum Gasteiger partial charge on any atom is -0.476 e. The number of nitrogens with zero attached hydrogens (tertiary/aromatic N) is 2. The third kappa shape index (κ3) is 3.21. The summed E-state index contributed by atoms with van der Waals surface area (Å²) >= 11 is 3.06. The number of carboxylic acid groups (broad SMARTS) is 1. The number of nitrogens with one attached hydrogen (secondary N) is 1. The van der Waals surface area contributed by atoms with Crippen LogP contribution in [0.25, 0.3) is 0 Å². The monoisotopic (exact) mass is 283 g/mol. The number of aromatic carboxylic acids is 1. The Bertz CT molecular complexity index is 442. The van der Waals surface area contributed by atoms with Gasteiger partial charge in [-0.3, -0.25) is 0 Å². The van der Waals surface area contributed by atoms with Crippen LogP contribution in [0, 0.1) is 12.3 Å². The molecular weight excluding hydrogens is 274 g/mol. The molecule has 6 heteroatoms. The lowest BCUT2D eigenvalue weighted by Gasteiger charge is -2.10. The van der Waals surface area contributed by atoms with Crippen molar-refractivity contribution in [1.82, 2.24) is 9.97 Å². The van der Waals surface area contributed by atoms with Crippen LogP contribution in [0.4, 0.5) is 5.95 Å². The molecule has 1 unspecified atom stereocenters. The van der Waals surface area contributed by atoms with Gasteiger partial charge in [-0.1, -0.05) is 0 Å². The van der Waals surface area contributed by atoms with Crippen LogP contribution in [0.3, 0.4) is 0 Å². The minimum atomic E-state index is -1.11. The van der Waals surface area contributed by atoms with Crippen LogP contribution in [-0.4, -0.2) is 27.1 Å². The SMILES string of the molecule is C#CCC(C)Nc1ncc(Br)c(C(=O)O)n1. The van der Waals surface area contributed by atoms with Gasteiger partial charge < -0.3 is 10.4 Å². The van der Waals surface area contributed by atoms with Crippen LogP contribution < -0.4 is 5.32 Å². The highest BCUT2D eigenvalue weighted by atomic mass is 79.9. The molecule has 0 radical (unpaired) electrons. The summed E-state index contributed by atoms with van der Waals surface area (Å²) in [5.74, 6) is 1.64. The lowest BCUT2D eigenvalue weighted by Crippen LogP contribution is -2.17. The van der Waals surface area contributed by atoms with Crippen LogP contribution in [0.15, 0.2) is 10.7 Å². The molecule has 1 heterocycles. The van der Waals surface area contributed by atoms with Gasteiger partial charge in [-0.25, -0.2) is 14.8 Å². The van der Waals surface area contributed by atoms with E-state index in [1.54, 1.807) is 0 Å². The standard InChI is InChI=1S/C10H10BrN3O2/c1-3-4-6(2)13-10-12-5-7(11)8(14-10)9(15)16/h1,5-6H,4H2,2H3,(H,15,16)(H,12,13,14). The third-order valence-corrected chi connectivity index (χ3v) is 2.33. The van der Waals surface area contributed by atoms with Crippen LogP contribution in [0.2, 0.25) is 0 Å². The van der Waals surface area contributed by atoms with E-state index in [0.29, 0.717) is 10.9 Å². The predicted octanol–water partition coefficient (Wildman–Crippen LogP) is 1.76. The van der Waals surface area contributed by atoms with Crippen molar-refractivity contribution in [2.45, 2.75) is 19.4 Å². The van der Waals surface area contributed by atoms with E-state index < -0.39 is 5.97 Å². The molecule has 0 aliphatic carbocycles. The largest absolute Gasteiger partial charge is 0.476 e. The van der Waals surface area contributed by atoms with E-state index in [-0.39, 0.29) is 17.7 Å². The highest BCUT2D eigenvalue weighted by molar-refractivity contribution is 9.10. The zero-order chi connectivity index (χ0) is 12.1. The normalized spacial score (nSPS) is 11.6. The summed E-state index contributed by atoms with van der Waals surface area (Å²) in [4.78, 5) is 18.6. The smallest absolute Gasteiger partial charge is 0.355 e. The zero-order valence-corrected chi connectivity index (χ0v) is 10.2. The Morgan fingerprint density at radius 3 is 3.06 bits per heavy atom. The molecule has 0 aliphatic heterocycles. The van der Waals surface area contributed by atoms with Gasteiger partial charge in [0, 0.05) is 18.7 Å². The number of anilines is 1. The maximum absolute atomic E-state index is 10.8. The molecule has 1 aromatic rings. The van der Waals surface area contributed by atoms with Crippen LogP contribution in [0.1, 0.15) is 23.8 Å². The molecule has 0 spiro atoms. The van der Waals surface area contributed by atoms with Gasteiger partial charge in [0.15, 0.2) is 5.69 Å². The van der Waals surface area contributed by atoms with E-state index in [0.717, 1.165) is 0 Å². The van der Waals surface area contributed by atoms with Gasteiger partial charge in [0.2, 0.25) is 5.95 Å². The Balaban J connectivity index is 2.87. The summed E-state index contributed by atoms with van der Waals surface area (Å²) in [6.45, 7) is 1.87. The molecule has 0 bridgehead atoms. The quantitative estimate of drug-likeness (QED) is 0.824. The van der Waals surface area contributed by atoms with Crippen molar-refractivity contribution >= 4 is 27.8 Å². The number of carbonyl (C=O) groups is 1. The molecule has 1 aromatic heterocycles. The summed E-state index contributed by atoms with van der Waals surface area (Å²) < 4.78 is 0.343. The van der Waals surface area contributed by atoms with Gasteiger partial charge in [-0.2, -0.15) is 0 Å². The number of rotatable bonds is 4. The lowest BCUT2D eigenvalue weighted by atomic mass is 10.2. The third-order valence-electron chi connectivity index (χ3n) is 1.75. The van der Waals surface area contributed by atoms with Gasteiger partial charge in [0.1, 0.15) is 0 Å². The lowest BCUT2D eigenvalue weighted by molar-refractivity contribution is 0.0689. The van der Waals surface area contributed by atoms with Crippen LogP contribution in [0.5, 0.6) is 0 Å². The van der Waals surface area contributed by atoms with E-state index >= 15 is 0 Å². The summed E-state index contributed by atoms with van der Waals surface area (Å²) in [7, 11) is 0. The number of halogens is 1. The molecule has 0 fully saturated rings. The Morgan fingerprint density at radius 2 is 2.50 bits per heavy atom. The fraction of sp³-hybridized carbons (Fsp3) is 0.300. The average Bonchev–Trinajstić information content (AvgIpc) is 2.21. The van der Waals surface area contributed by atoms with Crippen molar-refractivity contribution in [3.05, 3.63) is 16.4 Å². The Hall–Kier alpha value is -1.61. The van der Waals surface area contributed by atoms with Crippen molar-refractivity contribution in [3.8, 4) is 12.3 Å². The summed E-state index contributed by atoms with van der Waals surface area (Å²) in [5.41, 5.74) is -0.0783. The number of hydrogen-bond acceptors (Lipinski definition) is 4. The van der Waals surface area contributed by atoms with Crippen LogP contribution in [-0.2, 0) is 0 Å². The maximum Gasteiger partial charge on any atom is 0.355 e. The first-order chi connectivity index (χ1) is 7.54. The van der Waals surface area contributed by atoms with E-state index in [4.69, 9.17) is 11.5 Å². The van der Waals surface area contributed by atoms with Gasteiger partial charge in [-0.05, 0) is 22.9 Å². The molecule has 16 heavy (non-hydrogen) atoms. The fourth-order valence-corrected chi connectivity index (χ4v) is 1.40. The fourth-order valence-electron chi connectivity index (χ4n) is 1.03. The molecule has 84 valence electrons. The molecule has 0 aliphatic rings. The zero-order valence-electron chi connectivity index (χ0n) is 8.57. The molecular formula is C10H10BrN3O2. The first-order valence-corrected chi connectivity index (χ1v) is 5.29. The number of hydrogen-bond donors (Lipinski definition) is 2. The second-order valence-corrected chi connectivity index (χ2v) is 4.00. The Labute approximate surface area is 101 Å². The predicted molar refractivity (Wildman–Crippen MR) is 63.2 cm³/mol. The number of carboxylic acids is 1. The van der Waals surface area contributed by atoms with Crippen molar-refractivity contribution in [3.63, 3.8) is 0 Å². The molecule has 0 saturated carbocycles. The molecule has 5 nitrogen and oxygen atoms in total. The van der Waals surface area contributed by atoms with Gasteiger partial charge in [-0.15, -0.1) is 12.3 Å². The van der Waals surface area contributed by atoms with Gasteiger partial charge >= 0.3 is 5.97 Å². The van der Waals surface area contributed by atoms with E-state index in [2.05, 4.69) is 37.1 Å². The topological polar surface area (TPSA) is 75.1 Å². The first-order valence-electron chi connectivity index (χ1n) is 4.50. The van der Waals surface area contributed by atoms with E-state index in [9.17, 15) is 4.79 Å². The highest BCUT2D eigenvalue weighted by Gasteiger charge is 2.12. The van der Waals surface area contributed by atoms with Crippen molar-refractivity contribution in [1.29, 1.82) is 0 Å². The second-order valence-electron chi connectivity index (χ2n) is 3.15. The van der Waals surface area contributed by atoms with Crippen molar-refractivity contribution in [2.75, 3.05) is 5.32 Å². The molecule has 0 aromatic carbocycles. The maximum atomic E-state index is 10.8. The summed E-state index contributed by atoms with van der Waals surface area (Å²) in [6, 6.07) is -0.00665. The Morgan fingerprint density at radius 1 is 1.81 bits per heavy atom. The van der Waals surface area contributed by atoms with Crippen molar-refractivity contribution in [2.24, 2.45) is 0 Å². The number of terminal acetylenes is 1.